The molecule has 0 heterocycles. The van der Waals surface area contributed by atoms with E-state index in [1.165, 1.54) is 32.1 Å². The highest BCUT2D eigenvalue weighted by Gasteiger charge is 2.06. The first-order valence-corrected chi connectivity index (χ1v) is 5.64. The summed E-state index contributed by atoms with van der Waals surface area (Å²) in [5.41, 5.74) is 5.63. The van der Waals surface area contributed by atoms with Crippen LogP contribution >= 0.6 is 0 Å². The molecule has 0 aromatic carbocycles. The van der Waals surface area contributed by atoms with Crippen molar-refractivity contribution in [1.82, 2.24) is 0 Å². The lowest BCUT2D eigenvalue weighted by Gasteiger charge is -2.15. The van der Waals surface area contributed by atoms with Gasteiger partial charge in [0.2, 0.25) is 0 Å². The minimum atomic E-state index is -0.693. The van der Waals surface area contributed by atoms with Crippen molar-refractivity contribution < 1.29 is 9.90 Å². The van der Waals surface area contributed by atoms with E-state index in [4.69, 9.17) is 10.8 Å². The summed E-state index contributed by atoms with van der Waals surface area (Å²) in [6, 6.07) is 0.536. The topological polar surface area (TPSA) is 63.3 Å². The normalized spacial score (nSPS) is 17.0. The number of carbonyl (C=O) groups is 1. The highest BCUT2D eigenvalue weighted by Crippen LogP contribution is 2.14. The molecule has 84 valence electrons. The third kappa shape index (κ3) is 9.52. The highest BCUT2D eigenvalue weighted by atomic mass is 16.4. The van der Waals surface area contributed by atoms with Crippen LogP contribution in [0.1, 0.15) is 58.3 Å². The molecular weight excluding hydrogens is 178 g/mol. The zero-order chi connectivity index (χ0) is 10.8. The van der Waals surface area contributed by atoms with E-state index in [0.717, 1.165) is 12.8 Å². The van der Waals surface area contributed by atoms with Gasteiger partial charge in [-0.3, -0.25) is 4.79 Å². The van der Waals surface area contributed by atoms with Gasteiger partial charge in [0.1, 0.15) is 0 Å². The van der Waals surface area contributed by atoms with Crippen LogP contribution in [0.5, 0.6) is 0 Å². The molecule has 1 rings (SSSR count). The molecular formula is C11H23NO2. The smallest absolute Gasteiger partial charge is 0.303 e. The van der Waals surface area contributed by atoms with Gasteiger partial charge in [-0.1, -0.05) is 32.6 Å². The number of carboxylic acids is 1. The van der Waals surface area contributed by atoms with Crippen LogP contribution in [0.3, 0.4) is 0 Å². The van der Waals surface area contributed by atoms with Crippen molar-refractivity contribution in [2.45, 2.75) is 64.3 Å². The van der Waals surface area contributed by atoms with Crippen LogP contribution in [-0.4, -0.2) is 17.1 Å². The number of rotatable bonds is 3. The van der Waals surface area contributed by atoms with E-state index in [0.29, 0.717) is 12.5 Å². The molecule has 0 atom stereocenters. The number of hydrogen-bond acceptors (Lipinski definition) is 2. The van der Waals surface area contributed by atoms with Gasteiger partial charge >= 0.3 is 5.97 Å². The van der Waals surface area contributed by atoms with Crippen LogP contribution in [0.15, 0.2) is 0 Å². The van der Waals surface area contributed by atoms with Gasteiger partial charge < -0.3 is 10.8 Å². The third-order valence-electron chi connectivity index (χ3n) is 2.39. The zero-order valence-electron chi connectivity index (χ0n) is 9.17. The third-order valence-corrected chi connectivity index (χ3v) is 2.39. The fourth-order valence-corrected chi connectivity index (χ4v) is 1.46. The molecule has 0 aromatic heterocycles. The average molecular weight is 201 g/mol. The lowest BCUT2D eigenvalue weighted by molar-refractivity contribution is -0.137. The largest absolute Gasteiger partial charge is 0.481 e. The molecule has 3 heteroatoms. The summed E-state index contributed by atoms with van der Waals surface area (Å²) in [4.78, 5) is 9.76. The Bertz CT molecular complexity index is 142. The maximum Gasteiger partial charge on any atom is 0.303 e. The lowest BCUT2D eigenvalue weighted by atomic mass is 9.97. The van der Waals surface area contributed by atoms with Crippen LogP contribution in [0.25, 0.3) is 0 Å². The van der Waals surface area contributed by atoms with Crippen LogP contribution in [0, 0.1) is 0 Å². The Morgan fingerprint density at radius 3 is 2.14 bits per heavy atom. The second-order valence-electron chi connectivity index (χ2n) is 3.90. The molecule has 0 bridgehead atoms. The van der Waals surface area contributed by atoms with Crippen LogP contribution < -0.4 is 5.73 Å². The Kier molecular flexibility index (Phi) is 8.64. The summed E-state index contributed by atoms with van der Waals surface area (Å²) in [6.07, 6.45) is 8.74. The predicted octanol–water partition coefficient (Wildman–Crippen LogP) is 2.54. The van der Waals surface area contributed by atoms with E-state index < -0.39 is 5.97 Å². The molecule has 0 spiro atoms. The second kappa shape index (κ2) is 9.00. The van der Waals surface area contributed by atoms with Gasteiger partial charge in [0.15, 0.2) is 0 Å². The molecule has 3 nitrogen and oxygen atoms in total. The van der Waals surface area contributed by atoms with E-state index >= 15 is 0 Å². The van der Waals surface area contributed by atoms with Crippen molar-refractivity contribution in [3.05, 3.63) is 0 Å². The predicted molar refractivity (Wildman–Crippen MR) is 58.2 cm³/mol. The SMILES string of the molecule is CCCCC(=O)O.NC1CCCCC1. The van der Waals surface area contributed by atoms with E-state index in [-0.39, 0.29) is 0 Å². The Morgan fingerprint density at radius 2 is 1.93 bits per heavy atom. The van der Waals surface area contributed by atoms with Crippen molar-refractivity contribution in [2.75, 3.05) is 0 Å². The summed E-state index contributed by atoms with van der Waals surface area (Å²) in [6.45, 7) is 1.98. The van der Waals surface area contributed by atoms with E-state index in [1.807, 2.05) is 6.92 Å². The number of aliphatic carboxylic acids is 1. The molecule has 0 saturated heterocycles. The van der Waals surface area contributed by atoms with Gasteiger partial charge in [0.05, 0.1) is 0 Å². The van der Waals surface area contributed by atoms with E-state index in [1.54, 1.807) is 0 Å². The van der Waals surface area contributed by atoms with Gasteiger partial charge in [-0.25, -0.2) is 0 Å². The minimum absolute atomic E-state index is 0.316. The minimum Gasteiger partial charge on any atom is -0.481 e. The lowest BCUT2D eigenvalue weighted by Crippen LogP contribution is -2.22. The standard InChI is InChI=1S/C6H13N.C5H10O2/c7-6-4-2-1-3-5-6;1-2-3-4-5(6)7/h6H,1-5,7H2;2-4H2,1H3,(H,6,7). The van der Waals surface area contributed by atoms with Crippen molar-refractivity contribution in [3.8, 4) is 0 Å². The molecule has 14 heavy (non-hydrogen) atoms. The summed E-state index contributed by atoms with van der Waals surface area (Å²) in [7, 11) is 0. The summed E-state index contributed by atoms with van der Waals surface area (Å²) < 4.78 is 0. The van der Waals surface area contributed by atoms with Gasteiger partial charge in [0.25, 0.3) is 0 Å². The van der Waals surface area contributed by atoms with Gasteiger partial charge in [-0.05, 0) is 19.3 Å². The van der Waals surface area contributed by atoms with E-state index in [9.17, 15) is 4.79 Å². The van der Waals surface area contributed by atoms with Crippen molar-refractivity contribution in [1.29, 1.82) is 0 Å². The number of carboxylic acid groups (broad SMARTS) is 1. The number of unbranched alkanes of at least 4 members (excludes halogenated alkanes) is 1. The van der Waals surface area contributed by atoms with E-state index in [2.05, 4.69) is 0 Å². The maximum atomic E-state index is 9.76. The first-order chi connectivity index (χ1) is 6.66. The van der Waals surface area contributed by atoms with Crippen LogP contribution in [-0.2, 0) is 4.79 Å². The Morgan fingerprint density at radius 1 is 1.36 bits per heavy atom. The zero-order valence-corrected chi connectivity index (χ0v) is 9.17. The molecule has 1 fully saturated rings. The summed E-state index contributed by atoms with van der Waals surface area (Å²) in [5.74, 6) is -0.693. The molecule has 0 aromatic rings. The molecule has 1 aliphatic rings. The number of nitrogens with two attached hydrogens (primary N) is 1. The first-order valence-electron chi connectivity index (χ1n) is 5.64. The van der Waals surface area contributed by atoms with Crippen molar-refractivity contribution in [2.24, 2.45) is 5.73 Å². The maximum absolute atomic E-state index is 9.76. The highest BCUT2D eigenvalue weighted by molar-refractivity contribution is 5.66. The summed E-state index contributed by atoms with van der Waals surface area (Å²) in [5, 5.41) is 8.04. The molecule has 0 unspecified atom stereocenters. The Labute approximate surface area is 86.7 Å². The molecule has 0 amide bonds. The quantitative estimate of drug-likeness (QED) is 0.737. The molecule has 1 aliphatic carbocycles. The van der Waals surface area contributed by atoms with Gasteiger partial charge in [0, 0.05) is 12.5 Å². The van der Waals surface area contributed by atoms with Gasteiger partial charge in [-0.15, -0.1) is 0 Å². The Hall–Kier alpha value is -0.570. The fraction of sp³-hybridized carbons (Fsp3) is 0.909. The van der Waals surface area contributed by atoms with Crippen LogP contribution in [0.2, 0.25) is 0 Å². The second-order valence-corrected chi connectivity index (χ2v) is 3.90. The average Bonchev–Trinajstić information content (AvgIpc) is 2.17. The fourth-order valence-electron chi connectivity index (χ4n) is 1.46. The number of hydrogen-bond donors (Lipinski definition) is 2. The van der Waals surface area contributed by atoms with Crippen molar-refractivity contribution in [3.63, 3.8) is 0 Å². The van der Waals surface area contributed by atoms with Gasteiger partial charge in [-0.2, -0.15) is 0 Å². The molecule has 0 aliphatic heterocycles. The Balaban J connectivity index is 0.000000241. The van der Waals surface area contributed by atoms with Crippen molar-refractivity contribution >= 4 is 5.97 Å². The monoisotopic (exact) mass is 201 g/mol. The summed E-state index contributed by atoms with van der Waals surface area (Å²) >= 11 is 0. The molecule has 3 N–H and O–H groups in total. The molecule has 1 saturated carbocycles. The molecule has 0 radical (unpaired) electrons. The van der Waals surface area contributed by atoms with Crippen LogP contribution in [0.4, 0.5) is 0 Å². The first kappa shape index (κ1) is 13.4.